The van der Waals surface area contributed by atoms with Gasteiger partial charge in [0, 0.05) is 38.6 Å². The Morgan fingerprint density at radius 3 is 1.96 bits per heavy atom. The molecular weight excluding hydrogens is 689 g/mol. The third-order valence-electron chi connectivity index (χ3n) is 12.8. The fourth-order valence-electron chi connectivity index (χ4n) is 9.79. The maximum atomic E-state index is 2.47. The Bertz CT molecular complexity index is 3210. The third kappa shape index (κ3) is 4.97. The minimum atomic E-state index is -0.185. The van der Waals surface area contributed by atoms with E-state index < -0.39 is 0 Å². The van der Waals surface area contributed by atoms with Gasteiger partial charge in [-0.25, -0.2) is 0 Å². The van der Waals surface area contributed by atoms with E-state index in [1.54, 1.807) is 0 Å². The number of allylic oxidation sites excluding steroid dienone is 2. The number of hydrogen-bond acceptors (Lipinski definition) is 1. The minimum absolute atomic E-state index is 0.185. The summed E-state index contributed by atoms with van der Waals surface area (Å²) in [6.07, 6.45) is 0. The first kappa shape index (κ1) is 33.4. The number of aromatic nitrogens is 1. The lowest BCUT2D eigenvalue weighted by Crippen LogP contribution is -2.17. The average Bonchev–Trinajstić information content (AvgIpc) is 3.72. The van der Waals surface area contributed by atoms with Crippen molar-refractivity contribution in [2.75, 3.05) is 4.90 Å². The highest BCUT2D eigenvalue weighted by molar-refractivity contribution is 6.26. The molecule has 1 aromatic heterocycles. The molecule has 0 fully saturated rings. The highest BCUT2D eigenvalue weighted by Crippen LogP contribution is 2.52. The van der Waals surface area contributed by atoms with Crippen LogP contribution >= 0.6 is 0 Å². The molecule has 1 heterocycles. The van der Waals surface area contributed by atoms with Crippen molar-refractivity contribution < 1.29 is 0 Å². The predicted octanol–water partition coefficient (Wildman–Crippen LogP) is 15.3. The second kappa shape index (κ2) is 12.6. The first-order chi connectivity index (χ1) is 27.9. The summed E-state index contributed by atoms with van der Waals surface area (Å²) in [5.41, 5.74) is 17.6. The van der Waals surface area contributed by atoms with E-state index in [0.717, 1.165) is 5.69 Å². The lowest BCUT2D eigenvalue weighted by atomic mass is 9.81. The molecule has 2 heteroatoms. The lowest BCUT2D eigenvalue weighted by molar-refractivity contribution is 0.660. The fourth-order valence-corrected chi connectivity index (χ4v) is 9.79. The Labute approximate surface area is 333 Å². The number of benzene rings is 9. The van der Waals surface area contributed by atoms with Gasteiger partial charge in [0.25, 0.3) is 0 Å². The second-order valence-electron chi connectivity index (χ2n) is 16.2. The molecule has 0 atom stereocenters. The highest BCUT2D eigenvalue weighted by Gasteiger charge is 2.36. The zero-order valence-electron chi connectivity index (χ0n) is 32.7. The summed E-state index contributed by atoms with van der Waals surface area (Å²) < 4.78 is 2.42. The summed E-state index contributed by atoms with van der Waals surface area (Å²) in [7, 11) is 0. The van der Waals surface area contributed by atoms with Crippen molar-refractivity contribution in [3.8, 4) is 16.8 Å². The van der Waals surface area contributed by atoms with Crippen LogP contribution in [0.15, 0.2) is 182 Å². The second-order valence-corrected chi connectivity index (χ2v) is 16.2. The van der Waals surface area contributed by atoms with Crippen LogP contribution in [0.25, 0.3) is 71.3 Å². The Hall–Kier alpha value is -6.90. The molecule has 57 heavy (non-hydrogen) atoms. The predicted molar refractivity (Wildman–Crippen MR) is 244 cm³/mol. The molecule has 0 spiro atoms. The van der Waals surface area contributed by atoms with Crippen molar-refractivity contribution in [2.24, 2.45) is 0 Å². The van der Waals surface area contributed by atoms with Gasteiger partial charge in [-0.1, -0.05) is 135 Å². The molecule has 272 valence electrons. The van der Waals surface area contributed by atoms with Gasteiger partial charge in [0.1, 0.15) is 0 Å². The van der Waals surface area contributed by atoms with E-state index >= 15 is 0 Å². The molecule has 9 aromatic carbocycles. The van der Waals surface area contributed by atoms with Gasteiger partial charge in [-0.15, -0.1) is 0 Å². The SMILES string of the molecule is C/C(=C(/C)c1ccc2c3c1ccc1cccc(c13)n2-c1ccccc1)c1ccc2c(c1)C(C)(C)c1cc(N(c3ccccc3)c3cccc4ccccc34)ccc1-2. The molecule has 1 aliphatic rings. The summed E-state index contributed by atoms with van der Waals surface area (Å²) in [6, 6.07) is 67.1. The molecule has 0 amide bonds. The van der Waals surface area contributed by atoms with Crippen LogP contribution in [-0.4, -0.2) is 4.57 Å². The third-order valence-corrected chi connectivity index (χ3v) is 12.8. The van der Waals surface area contributed by atoms with Gasteiger partial charge in [0.2, 0.25) is 0 Å². The molecule has 0 aliphatic heterocycles. The zero-order chi connectivity index (χ0) is 38.4. The van der Waals surface area contributed by atoms with Gasteiger partial charge < -0.3 is 9.47 Å². The maximum Gasteiger partial charge on any atom is 0.0547 e. The van der Waals surface area contributed by atoms with Crippen molar-refractivity contribution in [1.29, 1.82) is 0 Å². The molecule has 2 nitrogen and oxygen atoms in total. The van der Waals surface area contributed by atoms with E-state index in [1.807, 2.05) is 0 Å². The van der Waals surface area contributed by atoms with Crippen molar-refractivity contribution in [3.63, 3.8) is 0 Å². The van der Waals surface area contributed by atoms with Crippen LogP contribution in [0.4, 0.5) is 17.1 Å². The van der Waals surface area contributed by atoms with Crippen LogP contribution in [0, 0.1) is 0 Å². The summed E-state index contributed by atoms with van der Waals surface area (Å²) >= 11 is 0. The minimum Gasteiger partial charge on any atom is -0.310 e. The van der Waals surface area contributed by atoms with Crippen LogP contribution in [0.2, 0.25) is 0 Å². The standard InChI is InChI=1S/C55H42N2/c1-35(36(2)43-31-32-52-54-47(43)29-25-38-17-14-24-51(53(38)54)57(52)41-20-9-6-10-21-41)39-26-28-45-46-30-27-42(34-49(46)55(3,4)48(45)33-39)56(40-18-7-5-8-19-40)50-23-13-16-37-15-11-12-22-44(37)50/h5-34H,1-4H3/b36-35+. The monoisotopic (exact) mass is 730 g/mol. The normalized spacial score (nSPS) is 13.7. The maximum absolute atomic E-state index is 2.47. The van der Waals surface area contributed by atoms with E-state index in [1.165, 1.54) is 105 Å². The molecule has 1 aliphatic carbocycles. The summed E-state index contributed by atoms with van der Waals surface area (Å²) in [5, 5.41) is 7.73. The van der Waals surface area contributed by atoms with Crippen LogP contribution in [0.5, 0.6) is 0 Å². The number of hydrogen-bond donors (Lipinski definition) is 0. The summed E-state index contributed by atoms with van der Waals surface area (Å²) in [5.74, 6) is 0. The topological polar surface area (TPSA) is 8.17 Å². The van der Waals surface area contributed by atoms with Crippen LogP contribution in [0.1, 0.15) is 49.9 Å². The molecule has 0 unspecified atom stereocenters. The largest absolute Gasteiger partial charge is 0.310 e. The van der Waals surface area contributed by atoms with Gasteiger partial charge in [0.05, 0.1) is 16.7 Å². The summed E-state index contributed by atoms with van der Waals surface area (Å²) in [4.78, 5) is 2.42. The van der Waals surface area contributed by atoms with E-state index in [4.69, 9.17) is 0 Å². The van der Waals surface area contributed by atoms with Crippen molar-refractivity contribution in [3.05, 3.63) is 204 Å². The number of para-hydroxylation sites is 2. The molecule has 0 saturated heterocycles. The number of rotatable bonds is 6. The Kier molecular flexibility index (Phi) is 7.37. The molecule has 10 aromatic rings. The smallest absolute Gasteiger partial charge is 0.0547 e. The van der Waals surface area contributed by atoms with Crippen molar-refractivity contribution in [1.82, 2.24) is 4.57 Å². The zero-order valence-corrected chi connectivity index (χ0v) is 32.7. The molecule has 0 radical (unpaired) electrons. The summed E-state index contributed by atoms with van der Waals surface area (Å²) in [6.45, 7) is 9.39. The van der Waals surface area contributed by atoms with Gasteiger partial charge >= 0.3 is 0 Å². The Morgan fingerprint density at radius 2 is 1.14 bits per heavy atom. The average molecular weight is 731 g/mol. The Balaban J connectivity index is 1.02. The van der Waals surface area contributed by atoms with Gasteiger partial charge in [0.15, 0.2) is 0 Å². The molecule has 0 N–H and O–H groups in total. The first-order valence-corrected chi connectivity index (χ1v) is 20.0. The van der Waals surface area contributed by atoms with Crippen LogP contribution < -0.4 is 4.90 Å². The van der Waals surface area contributed by atoms with Crippen LogP contribution in [-0.2, 0) is 5.41 Å². The van der Waals surface area contributed by atoms with Crippen LogP contribution in [0.3, 0.4) is 0 Å². The van der Waals surface area contributed by atoms with Crippen molar-refractivity contribution >= 4 is 71.6 Å². The van der Waals surface area contributed by atoms with E-state index in [-0.39, 0.29) is 5.41 Å². The number of fused-ring (bicyclic) bond motifs is 4. The number of nitrogens with zero attached hydrogens (tertiary/aromatic N) is 2. The first-order valence-electron chi connectivity index (χ1n) is 20.0. The Morgan fingerprint density at radius 1 is 0.474 bits per heavy atom. The van der Waals surface area contributed by atoms with Gasteiger partial charge in [-0.3, -0.25) is 0 Å². The quantitative estimate of drug-likeness (QED) is 0.122. The number of anilines is 3. The fraction of sp³-hybridized carbons (Fsp3) is 0.0909. The van der Waals surface area contributed by atoms with E-state index in [9.17, 15) is 0 Å². The molecular formula is C55H42N2. The van der Waals surface area contributed by atoms with Gasteiger partial charge in [-0.2, -0.15) is 0 Å². The molecule has 0 saturated carbocycles. The highest BCUT2D eigenvalue weighted by atomic mass is 15.1. The van der Waals surface area contributed by atoms with Gasteiger partial charge in [-0.05, 0) is 135 Å². The molecule has 0 bridgehead atoms. The van der Waals surface area contributed by atoms with E-state index in [2.05, 4.69) is 219 Å². The van der Waals surface area contributed by atoms with Crippen molar-refractivity contribution in [2.45, 2.75) is 33.1 Å². The molecule has 11 rings (SSSR count). The lowest BCUT2D eigenvalue weighted by Gasteiger charge is -2.29. The van der Waals surface area contributed by atoms with E-state index in [0.29, 0.717) is 0 Å².